The summed E-state index contributed by atoms with van der Waals surface area (Å²) in [5, 5.41) is 3.32. The van der Waals surface area contributed by atoms with Crippen LogP contribution in [0.1, 0.15) is 48.7 Å². The molecule has 98 valence electrons. The van der Waals surface area contributed by atoms with Crippen LogP contribution >= 0.6 is 11.6 Å². The number of aryl methyl sites for hydroxylation is 1. The van der Waals surface area contributed by atoms with Crippen LogP contribution in [0.5, 0.6) is 0 Å². The molecule has 1 aromatic heterocycles. The van der Waals surface area contributed by atoms with Crippen molar-refractivity contribution in [2.24, 2.45) is 5.92 Å². The predicted molar refractivity (Wildman–Crippen MR) is 72.9 cm³/mol. The number of nitrogens with zero attached hydrogens (tertiary/aromatic N) is 1. The van der Waals surface area contributed by atoms with Crippen molar-refractivity contribution in [2.75, 3.05) is 6.54 Å². The Labute approximate surface area is 113 Å². The number of hydrogen-bond donors (Lipinski definition) is 1. The Bertz CT molecular complexity index is 430. The van der Waals surface area contributed by atoms with E-state index in [1.807, 2.05) is 13.0 Å². The topological polar surface area (TPSA) is 42.0 Å². The summed E-state index contributed by atoms with van der Waals surface area (Å²) >= 11 is 5.89. The molecular weight excluding hydrogens is 248 g/mol. The molecule has 0 radical (unpaired) electrons. The minimum Gasteiger partial charge on any atom is -0.352 e. The second-order valence-electron chi connectivity index (χ2n) is 4.86. The molecule has 0 spiro atoms. The molecule has 1 aliphatic carbocycles. The average Bonchev–Trinajstić information content (AvgIpc) is 3.17. The zero-order chi connectivity index (χ0) is 13.0. The van der Waals surface area contributed by atoms with Crippen molar-refractivity contribution in [2.45, 2.75) is 39.0 Å². The first kappa shape index (κ1) is 13.3. The number of hydrogen-bond acceptors (Lipinski definition) is 2. The maximum Gasteiger partial charge on any atom is 0.251 e. The largest absolute Gasteiger partial charge is 0.352 e. The van der Waals surface area contributed by atoms with Gasteiger partial charge in [-0.05, 0) is 37.3 Å². The first-order chi connectivity index (χ1) is 8.69. The molecule has 3 nitrogen and oxygen atoms in total. The number of halogens is 1. The molecular formula is C14H19ClN2O. The second kappa shape index (κ2) is 6.19. The molecule has 18 heavy (non-hydrogen) atoms. The van der Waals surface area contributed by atoms with Gasteiger partial charge < -0.3 is 5.32 Å². The summed E-state index contributed by atoms with van der Waals surface area (Å²) in [5.41, 5.74) is 1.46. The van der Waals surface area contributed by atoms with E-state index in [0.717, 1.165) is 31.0 Å². The molecule has 4 heteroatoms. The monoisotopic (exact) mass is 266 g/mol. The number of nitrogens with one attached hydrogen (secondary N) is 1. The lowest BCUT2D eigenvalue weighted by Gasteiger charge is -2.06. The smallest absolute Gasteiger partial charge is 0.251 e. The summed E-state index contributed by atoms with van der Waals surface area (Å²) in [6.07, 6.45) is 5.82. The molecule has 1 amide bonds. The highest BCUT2D eigenvalue weighted by Crippen LogP contribution is 2.33. The van der Waals surface area contributed by atoms with Crippen LogP contribution in [-0.2, 0) is 6.42 Å². The number of amides is 1. The van der Waals surface area contributed by atoms with E-state index in [2.05, 4.69) is 10.3 Å². The molecule has 1 heterocycles. The van der Waals surface area contributed by atoms with E-state index >= 15 is 0 Å². The van der Waals surface area contributed by atoms with Gasteiger partial charge in [0.15, 0.2) is 0 Å². The van der Waals surface area contributed by atoms with Crippen LogP contribution in [0.15, 0.2) is 12.1 Å². The summed E-state index contributed by atoms with van der Waals surface area (Å²) < 4.78 is 0. The van der Waals surface area contributed by atoms with Gasteiger partial charge in [-0.1, -0.05) is 31.4 Å². The highest BCUT2D eigenvalue weighted by molar-refractivity contribution is 6.29. The third-order valence-electron chi connectivity index (χ3n) is 3.24. The van der Waals surface area contributed by atoms with Crippen LogP contribution < -0.4 is 5.32 Å². The fourth-order valence-electron chi connectivity index (χ4n) is 1.96. The first-order valence-electron chi connectivity index (χ1n) is 6.63. The molecule has 1 saturated carbocycles. The van der Waals surface area contributed by atoms with E-state index < -0.39 is 0 Å². The van der Waals surface area contributed by atoms with Gasteiger partial charge in [-0.3, -0.25) is 4.79 Å². The van der Waals surface area contributed by atoms with Gasteiger partial charge >= 0.3 is 0 Å². The molecule has 2 rings (SSSR count). The molecule has 1 fully saturated rings. The second-order valence-corrected chi connectivity index (χ2v) is 5.25. The Morgan fingerprint density at radius 1 is 1.50 bits per heavy atom. The lowest BCUT2D eigenvalue weighted by molar-refractivity contribution is 0.0952. The lowest BCUT2D eigenvalue weighted by atomic mass is 10.2. The summed E-state index contributed by atoms with van der Waals surface area (Å²) in [6, 6.07) is 3.43. The third-order valence-corrected chi connectivity index (χ3v) is 3.44. The van der Waals surface area contributed by atoms with E-state index in [-0.39, 0.29) is 5.91 Å². The molecule has 0 unspecified atom stereocenters. The van der Waals surface area contributed by atoms with E-state index in [1.165, 1.54) is 19.3 Å². The summed E-state index contributed by atoms with van der Waals surface area (Å²) in [4.78, 5) is 16.1. The minimum absolute atomic E-state index is 0.0511. The quantitative estimate of drug-likeness (QED) is 0.635. The minimum atomic E-state index is -0.0511. The van der Waals surface area contributed by atoms with E-state index in [0.29, 0.717) is 10.7 Å². The molecule has 0 aliphatic heterocycles. The zero-order valence-electron chi connectivity index (χ0n) is 10.7. The van der Waals surface area contributed by atoms with Crippen LogP contribution in [0.25, 0.3) is 0 Å². The van der Waals surface area contributed by atoms with Gasteiger partial charge in [-0.15, -0.1) is 0 Å². The van der Waals surface area contributed by atoms with E-state index in [9.17, 15) is 4.79 Å². The van der Waals surface area contributed by atoms with E-state index in [4.69, 9.17) is 11.6 Å². The highest BCUT2D eigenvalue weighted by Gasteiger charge is 2.20. The number of carbonyl (C=O) groups excluding carboxylic acids is 1. The van der Waals surface area contributed by atoms with Crippen LogP contribution in [-0.4, -0.2) is 17.4 Å². The third kappa shape index (κ3) is 3.98. The molecule has 1 aromatic rings. The van der Waals surface area contributed by atoms with Crippen molar-refractivity contribution in [3.05, 3.63) is 28.5 Å². The van der Waals surface area contributed by atoms with Gasteiger partial charge in [-0.25, -0.2) is 4.98 Å². The Balaban J connectivity index is 1.84. The van der Waals surface area contributed by atoms with Gasteiger partial charge in [-0.2, -0.15) is 0 Å². The first-order valence-corrected chi connectivity index (χ1v) is 7.01. The molecule has 0 atom stereocenters. The van der Waals surface area contributed by atoms with Crippen molar-refractivity contribution in [1.82, 2.24) is 10.3 Å². The van der Waals surface area contributed by atoms with Crippen molar-refractivity contribution < 1.29 is 4.79 Å². The SMILES string of the molecule is CCc1cc(C(=O)NCCCC2CC2)cc(Cl)n1. The highest BCUT2D eigenvalue weighted by atomic mass is 35.5. The standard InChI is InChI=1S/C14H19ClN2O/c1-2-12-8-11(9-13(15)17-12)14(18)16-7-3-4-10-5-6-10/h8-10H,2-7H2,1H3,(H,16,18). The number of rotatable bonds is 6. The van der Waals surface area contributed by atoms with Crippen molar-refractivity contribution in [3.8, 4) is 0 Å². The van der Waals surface area contributed by atoms with Gasteiger partial charge in [0.2, 0.25) is 0 Å². The Hall–Kier alpha value is -1.09. The molecule has 0 saturated heterocycles. The maximum atomic E-state index is 11.9. The summed E-state index contributed by atoms with van der Waals surface area (Å²) in [5.74, 6) is 0.869. The maximum absolute atomic E-state index is 11.9. The van der Waals surface area contributed by atoms with Crippen molar-refractivity contribution in [1.29, 1.82) is 0 Å². The van der Waals surface area contributed by atoms with Gasteiger partial charge in [0.1, 0.15) is 5.15 Å². The number of carbonyl (C=O) groups is 1. The molecule has 0 bridgehead atoms. The fourth-order valence-corrected chi connectivity index (χ4v) is 2.19. The Kier molecular flexibility index (Phi) is 4.59. The van der Waals surface area contributed by atoms with E-state index in [1.54, 1.807) is 6.07 Å². The normalized spacial score (nSPS) is 14.6. The predicted octanol–water partition coefficient (Wildman–Crippen LogP) is 3.22. The van der Waals surface area contributed by atoms with Crippen molar-refractivity contribution in [3.63, 3.8) is 0 Å². The molecule has 0 aromatic carbocycles. The van der Waals surface area contributed by atoms with Crippen molar-refractivity contribution >= 4 is 17.5 Å². The molecule has 1 N–H and O–H groups in total. The average molecular weight is 267 g/mol. The van der Waals surface area contributed by atoms with Crippen LogP contribution in [0.2, 0.25) is 5.15 Å². The Morgan fingerprint density at radius 2 is 2.28 bits per heavy atom. The number of aromatic nitrogens is 1. The summed E-state index contributed by atoms with van der Waals surface area (Å²) in [7, 11) is 0. The van der Waals surface area contributed by atoms with Gasteiger partial charge in [0, 0.05) is 17.8 Å². The Morgan fingerprint density at radius 3 is 2.94 bits per heavy atom. The van der Waals surface area contributed by atoms with Crippen LogP contribution in [0, 0.1) is 5.92 Å². The fraction of sp³-hybridized carbons (Fsp3) is 0.571. The van der Waals surface area contributed by atoms with Crippen LogP contribution in [0.4, 0.5) is 0 Å². The molecule has 1 aliphatic rings. The van der Waals surface area contributed by atoms with Gasteiger partial charge in [0.05, 0.1) is 0 Å². The van der Waals surface area contributed by atoms with Crippen LogP contribution in [0.3, 0.4) is 0 Å². The zero-order valence-corrected chi connectivity index (χ0v) is 11.5. The number of pyridine rings is 1. The summed E-state index contributed by atoms with van der Waals surface area (Å²) in [6.45, 7) is 2.74. The van der Waals surface area contributed by atoms with Gasteiger partial charge in [0.25, 0.3) is 5.91 Å². The lowest BCUT2D eigenvalue weighted by Crippen LogP contribution is -2.24.